The maximum atomic E-state index is 9.87. The van der Waals surface area contributed by atoms with Crippen molar-refractivity contribution in [3.05, 3.63) is 162 Å². The molecule has 18 heteroatoms. The Morgan fingerprint density at radius 2 is 0.732 bits per heavy atom. The molecule has 0 fully saturated rings. The molecule has 4 aromatic carbocycles. The summed E-state index contributed by atoms with van der Waals surface area (Å²) in [5, 5.41) is 5.51. The summed E-state index contributed by atoms with van der Waals surface area (Å²) in [6.07, 6.45) is 3.31. The molecule has 0 saturated carbocycles. The van der Waals surface area contributed by atoms with Gasteiger partial charge in [-0.2, -0.15) is 0 Å². The Morgan fingerprint density at radius 3 is 0.893 bits per heavy atom. The molecule has 0 bridgehead atoms. The first-order valence-electron chi connectivity index (χ1n) is 15.4. The fraction of sp³-hybridized carbons (Fsp3) is 0.158. The minimum absolute atomic E-state index is 0. The third-order valence-corrected chi connectivity index (χ3v) is 11.0. The van der Waals surface area contributed by atoms with Crippen LogP contribution < -0.4 is 21.2 Å². The zero-order valence-electron chi connectivity index (χ0n) is 29.5. The molecule has 2 aliphatic heterocycles. The van der Waals surface area contributed by atoms with Crippen LogP contribution in [0.4, 0.5) is 25.2 Å². The Bertz CT molecular complexity index is 1520. The Hall–Kier alpha value is -2.91. The van der Waals surface area contributed by atoms with Gasteiger partial charge in [-0.15, -0.1) is 0 Å². The third-order valence-electron chi connectivity index (χ3n) is 6.15. The average molecular weight is 971 g/mol. The molecule has 0 saturated heterocycles. The van der Waals surface area contributed by atoms with Crippen molar-refractivity contribution in [3.8, 4) is 0 Å². The number of rotatable bonds is 8. The predicted molar refractivity (Wildman–Crippen MR) is 205 cm³/mol. The maximum Gasteiger partial charge on any atom is 0.188 e. The molecule has 3 radical (unpaired) electrons. The van der Waals surface area contributed by atoms with Crippen molar-refractivity contribution in [1.29, 1.82) is 0 Å². The first kappa shape index (κ1) is 57.4. The van der Waals surface area contributed by atoms with Crippen LogP contribution in [0.25, 0.3) is 0 Å². The molecule has 305 valence electrons. The monoisotopic (exact) mass is 970 g/mol. The number of hydrogen-bond acceptors (Lipinski definition) is 4. The molecule has 0 N–H and O–H groups in total. The van der Waals surface area contributed by atoms with Crippen molar-refractivity contribution in [2.75, 3.05) is 38.6 Å². The number of hydrogen-bond donors (Lipinski definition) is 0. The van der Waals surface area contributed by atoms with E-state index in [0.29, 0.717) is 0 Å². The summed E-state index contributed by atoms with van der Waals surface area (Å²) in [5.74, 6) is 1.83. The molecule has 4 aromatic rings. The first-order valence-corrected chi connectivity index (χ1v) is 20.5. The van der Waals surface area contributed by atoms with Crippen molar-refractivity contribution >= 4 is 56.7 Å². The van der Waals surface area contributed by atoms with Gasteiger partial charge in [0.15, 0.2) is 11.8 Å². The van der Waals surface area contributed by atoms with Crippen molar-refractivity contribution < 1.29 is 86.1 Å². The number of benzene rings is 4. The largest absolute Gasteiger partial charge is 0.479 e. The molecule has 2 aliphatic rings. The van der Waals surface area contributed by atoms with E-state index in [1.807, 2.05) is 0 Å². The molecule has 56 heavy (non-hydrogen) atoms. The molecule has 0 atom stereocenters. The van der Waals surface area contributed by atoms with Crippen molar-refractivity contribution in [1.82, 2.24) is 0 Å². The summed E-state index contributed by atoms with van der Waals surface area (Å²) in [7, 11) is -11.5. The fourth-order valence-electron chi connectivity index (χ4n) is 4.32. The van der Waals surface area contributed by atoms with Gasteiger partial charge >= 0.3 is 66.9 Å². The van der Waals surface area contributed by atoms with Crippen LogP contribution in [0.15, 0.2) is 131 Å². The van der Waals surface area contributed by atoms with E-state index in [9.17, 15) is 25.2 Å². The van der Waals surface area contributed by atoms with Gasteiger partial charge in [0.25, 0.3) is 0 Å². The Kier molecular flexibility index (Phi) is 31.0. The second-order valence-corrected chi connectivity index (χ2v) is 16.3. The average Bonchev–Trinajstić information content (AvgIpc) is 3.91. The SMILES string of the molecule is F[P-](F)(F)(F)(F)F.[C-]#[O+].[C-]#[O+].[C-]#[O+].[CH2][CH][CH2].[Fe].[Pd].c1ccc(P(CC2=NCCO2)c2ccccc2)cc1.c1ccc(P(CC2=NCCO2)c2ccccc2)cc1. The quantitative estimate of drug-likeness (QED) is 0.0578. The van der Waals surface area contributed by atoms with Gasteiger partial charge in [0.2, 0.25) is 0 Å². The van der Waals surface area contributed by atoms with E-state index < -0.39 is 23.7 Å². The van der Waals surface area contributed by atoms with Gasteiger partial charge in [-0.25, -0.2) is 0 Å². The molecule has 0 amide bonds. The molecule has 0 aliphatic carbocycles. The Morgan fingerprint density at radius 1 is 0.536 bits per heavy atom. The second kappa shape index (κ2) is 30.2. The van der Waals surface area contributed by atoms with Gasteiger partial charge in [-0.1, -0.05) is 121 Å². The molecule has 7 nitrogen and oxygen atoms in total. The third kappa shape index (κ3) is 28.5. The van der Waals surface area contributed by atoms with Crippen LogP contribution in [0.2, 0.25) is 0 Å². The maximum absolute atomic E-state index is 10.7. The smallest absolute Gasteiger partial charge is 0.188 e. The van der Waals surface area contributed by atoms with E-state index in [0.717, 1.165) is 50.4 Å². The van der Waals surface area contributed by atoms with Gasteiger partial charge in [0.1, 0.15) is 13.2 Å². The summed E-state index contributed by atoms with van der Waals surface area (Å²) in [6.45, 7) is 23.1. The molecule has 6 rings (SSSR count). The van der Waals surface area contributed by atoms with Crippen LogP contribution in [0.5, 0.6) is 0 Å². The Labute approximate surface area is 351 Å². The van der Waals surface area contributed by atoms with E-state index in [1.165, 1.54) is 27.6 Å². The second-order valence-electron chi connectivity index (χ2n) is 10.0. The van der Waals surface area contributed by atoms with Crippen LogP contribution in [0.3, 0.4) is 0 Å². The van der Waals surface area contributed by atoms with Crippen LogP contribution in [-0.2, 0) is 60.9 Å². The van der Waals surface area contributed by atoms with E-state index in [2.05, 4.69) is 165 Å². The predicted octanol–water partition coefficient (Wildman–Crippen LogP) is 9.22. The van der Waals surface area contributed by atoms with Gasteiger partial charge in [-0.05, 0) is 57.3 Å². The summed E-state index contributed by atoms with van der Waals surface area (Å²) >= 11 is 0. The zero-order chi connectivity index (χ0) is 40.9. The van der Waals surface area contributed by atoms with E-state index in [1.54, 1.807) is 0 Å². The molecule has 2 heterocycles. The topological polar surface area (TPSA) is 103 Å². The fourth-order valence-corrected chi connectivity index (χ4v) is 8.69. The van der Waals surface area contributed by atoms with Crippen LogP contribution >= 0.6 is 23.7 Å². The molecule has 0 aromatic heterocycles. The molecular formula is C38H37F6FeN2O5P3Pd-. The molecule has 0 spiro atoms. The van der Waals surface area contributed by atoms with Crippen LogP contribution in [0.1, 0.15) is 0 Å². The van der Waals surface area contributed by atoms with Gasteiger partial charge < -0.3 is 9.47 Å². The van der Waals surface area contributed by atoms with E-state index >= 15 is 0 Å². The summed E-state index contributed by atoms with van der Waals surface area (Å²) in [6, 6.07) is 42.7. The first-order chi connectivity index (χ1) is 25.7. The van der Waals surface area contributed by atoms with E-state index in [4.69, 9.17) is 23.4 Å². The van der Waals surface area contributed by atoms with Crippen LogP contribution in [-0.4, -0.2) is 50.4 Å². The van der Waals surface area contributed by atoms with Gasteiger partial charge in [0, 0.05) is 37.5 Å². The molecular weight excluding hydrogens is 934 g/mol. The number of aliphatic imine (C=N–C) groups is 2. The van der Waals surface area contributed by atoms with E-state index in [-0.39, 0.29) is 37.5 Å². The molecule has 0 unspecified atom stereocenters. The van der Waals surface area contributed by atoms with Gasteiger partial charge in [-0.3, -0.25) is 9.98 Å². The van der Waals surface area contributed by atoms with Crippen LogP contribution in [0, 0.1) is 40.2 Å². The number of halogens is 6. The standard InChI is InChI=1S/2C16H16NOP.C3H5.3CO.F6P.Fe.Pd/c2*1-3-7-14(8-4-1)19(13-16-17-11-12-18-16)15-9-5-2-6-10-15;1-3-2;3*1-2;1-7(2,3,4,5)6;;/h2*1-10H,11-13H2;3H,1-2H2;;;;;;/q;;;;;;-1;;. The van der Waals surface area contributed by atoms with Gasteiger partial charge in [0.05, 0.1) is 25.4 Å². The summed E-state index contributed by atoms with van der Waals surface area (Å²) < 4.78 is 92.9. The minimum Gasteiger partial charge on any atom is -0.479 e. The minimum atomic E-state index is -10.7. The van der Waals surface area contributed by atoms with Crippen molar-refractivity contribution in [2.24, 2.45) is 9.98 Å². The normalized spacial score (nSPS) is 13.0. The Balaban J connectivity index is -0.000000716. The summed E-state index contributed by atoms with van der Waals surface area (Å²) in [5.41, 5.74) is 0. The zero-order valence-corrected chi connectivity index (χ0v) is 34.8. The van der Waals surface area contributed by atoms with Crippen molar-refractivity contribution in [3.63, 3.8) is 0 Å². The number of ether oxygens (including phenoxy) is 2. The number of nitrogens with zero attached hydrogens (tertiary/aromatic N) is 2. The van der Waals surface area contributed by atoms with Crippen molar-refractivity contribution in [2.45, 2.75) is 0 Å². The summed E-state index contributed by atoms with van der Waals surface area (Å²) in [4.78, 5) is 8.87.